The summed E-state index contributed by atoms with van der Waals surface area (Å²) in [4.78, 5) is 14.2. The first kappa shape index (κ1) is 24.7. The number of hydrogen-bond donors (Lipinski definition) is 1. The fourth-order valence-corrected chi connectivity index (χ4v) is 3.63. The number of rotatable bonds is 8. The smallest absolute Gasteiger partial charge is 0.416 e. The topological polar surface area (TPSA) is 49.8 Å². The van der Waals surface area contributed by atoms with E-state index in [4.69, 9.17) is 4.74 Å². The molecule has 0 saturated carbocycles. The number of carbonyl (C=O) groups is 1. The van der Waals surface area contributed by atoms with E-state index in [1.165, 1.54) is 24.0 Å². The second kappa shape index (κ2) is 10.1. The van der Waals surface area contributed by atoms with Gasteiger partial charge in [0.25, 0.3) is 0 Å². The fraction of sp³-hybridized carbons (Fsp3) is 0.435. The largest absolute Gasteiger partial charge is 0.438 e. The van der Waals surface area contributed by atoms with Gasteiger partial charge in [0.05, 0.1) is 11.6 Å². The lowest BCUT2D eigenvalue weighted by Gasteiger charge is -2.43. The van der Waals surface area contributed by atoms with Gasteiger partial charge in [-0.3, -0.25) is 0 Å². The molecule has 0 bridgehead atoms. The van der Waals surface area contributed by atoms with Crippen molar-refractivity contribution in [3.05, 3.63) is 71.6 Å². The third kappa shape index (κ3) is 5.97. The number of ether oxygens (including phenoxy) is 1. The molecule has 1 heterocycles. The van der Waals surface area contributed by atoms with E-state index in [-0.39, 0.29) is 13.2 Å². The molecule has 8 heteroatoms. The maximum absolute atomic E-state index is 13.4. The van der Waals surface area contributed by atoms with Crippen molar-refractivity contribution in [2.75, 3.05) is 13.2 Å². The molecule has 170 valence electrons. The van der Waals surface area contributed by atoms with Crippen LogP contribution in [0.5, 0.6) is 0 Å². The number of alkyl halides is 3. The zero-order chi connectivity index (χ0) is 23.2. The van der Waals surface area contributed by atoms with Crippen LogP contribution in [0.25, 0.3) is 0 Å². The summed E-state index contributed by atoms with van der Waals surface area (Å²) in [5.74, 6) is -0.424. The van der Waals surface area contributed by atoms with E-state index in [9.17, 15) is 27.5 Å². The van der Waals surface area contributed by atoms with Crippen LogP contribution in [-0.4, -0.2) is 41.5 Å². The number of nitrogens with zero attached hydrogens (tertiary/aromatic N) is 1. The van der Waals surface area contributed by atoms with E-state index in [2.05, 4.69) is 6.58 Å². The minimum Gasteiger partial charge on any atom is -0.438 e. The highest BCUT2D eigenvalue weighted by Crippen LogP contribution is 2.39. The van der Waals surface area contributed by atoms with E-state index in [1.54, 1.807) is 19.1 Å². The Morgan fingerprint density at radius 2 is 2.00 bits per heavy atom. The van der Waals surface area contributed by atoms with Crippen molar-refractivity contribution in [3.63, 3.8) is 0 Å². The van der Waals surface area contributed by atoms with Crippen molar-refractivity contribution < 1.29 is 32.2 Å². The number of aliphatic hydroxyl groups is 1. The van der Waals surface area contributed by atoms with Crippen LogP contribution in [0.1, 0.15) is 38.7 Å². The molecule has 1 fully saturated rings. The number of aliphatic hydroxyl groups excluding tert-OH is 1. The van der Waals surface area contributed by atoms with Gasteiger partial charge >= 0.3 is 12.3 Å². The van der Waals surface area contributed by atoms with Crippen LogP contribution in [0.4, 0.5) is 22.4 Å². The van der Waals surface area contributed by atoms with Gasteiger partial charge in [-0.1, -0.05) is 36.4 Å². The average Bonchev–Trinajstić information content (AvgIpc) is 2.71. The summed E-state index contributed by atoms with van der Waals surface area (Å²) in [6.07, 6.45) is -1.21. The number of cyclic esters (lactones) is 1. The molecule has 31 heavy (non-hydrogen) atoms. The molecular weight excluding hydrogens is 414 g/mol. The average molecular weight is 441 g/mol. The third-order valence-electron chi connectivity index (χ3n) is 5.52. The minimum absolute atomic E-state index is 0.0989. The number of benzene rings is 1. The number of allylic oxidation sites excluding steroid dienone is 4. The van der Waals surface area contributed by atoms with E-state index < -0.39 is 35.3 Å². The third-order valence-corrected chi connectivity index (χ3v) is 5.52. The van der Waals surface area contributed by atoms with Crippen molar-refractivity contribution in [3.8, 4) is 0 Å². The summed E-state index contributed by atoms with van der Waals surface area (Å²) < 4.78 is 58.7. The number of halogens is 4. The lowest BCUT2D eigenvalue weighted by molar-refractivity contribution is -0.0883. The van der Waals surface area contributed by atoms with E-state index in [0.717, 1.165) is 18.2 Å². The first-order chi connectivity index (χ1) is 14.5. The lowest BCUT2D eigenvalue weighted by atomic mass is 9.84. The van der Waals surface area contributed by atoms with Crippen LogP contribution >= 0.6 is 0 Å². The minimum atomic E-state index is -4.54. The maximum Gasteiger partial charge on any atom is 0.416 e. The Morgan fingerprint density at radius 3 is 2.52 bits per heavy atom. The summed E-state index contributed by atoms with van der Waals surface area (Å²) in [7, 11) is 0. The molecule has 1 amide bonds. The highest BCUT2D eigenvalue weighted by atomic mass is 19.4. The van der Waals surface area contributed by atoms with Gasteiger partial charge in [-0.2, -0.15) is 13.2 Å². The molecule has 2 rings (SSSR count). The summed E-state index contributed by atoms with van der Waals surface area (Å²) in [5.41, 5.74) is -0.933. The molecular formula is C23H27F4NO3. The van der Waals surface area contributed by atoms with Gasteiger partial charge in [0.2, 0.25) is 0 Å². The molecule has 1 saturated heterocycles. The molecule has 1 aliphatic rings. The monoisotopic (exact) mass is 441 g/mol. The predicted molar refractivity (Wildman–Crippen MR) is 110 cm³/mol. The second-order valence-corrected chi connectivity index (χ2v) is 7.56. The molecule has 0 aliphatic carbocycles. The highest BCUT2D eigenvalue weighted by Gasteiger charge is 2.43. The van der Waals surface area contributed by atoms with Crippen LogP contribution in [-0.2, 0) is 10.3 Å². The summed E-state index contributed by atoms with van der Waals surface area (Å²) in [5, 5.41) is 9.25. The molecule has 0 unspecified atom stereocenters. The SMILES string of the molecule is C=C/C=C(\C=C(/C)[C@H](C)N1CC[C@](CCCO)(c2ccc(F)cc2)OC1=O)C(F)(F)F. The summed E-state index contributed by atoms with van der Waals surface area (Å²) in [6.45, 7) is 6.60. The van der Waals surface area contributed by atoms with Gasteiger partial charge in [-0.15, -0.1) is 0 Å². The van der Waals surface area contributed by atoms with Gasteiger partial charge in [-0.05, 0) is 50.5 Å². The zero-order valence-corrected chi connectivity index (χ0v) is 17.6. The lowest BCUT2D eigenvalue weighted by Crippen LogP contribution is -2.51. The van der Waals surface area contributed by atoms with Crippen molar-refractivity contribution in [1.29, 1.82) is 0 Å². The molecule has 0 aromatic heterocycles. The number of hydrogen-bond acceptors (Lipinski definition) is 3. The normalized spacial score (nSPS) is 21.6. The van der Waals surface area contributed by atoms with Crippen LogP contribution in [0.3, 0.4) is 0 Å². The summed E-state index contributed by atoms with van der Waals surface area (Å²) >= 11 is 0. The molecule has 2 atom stereocenters. The first-order valence-electron chi connectivity index (χ1n) is 9.98. The van der Waals surface area contributed by atoms with Crippen LogP contribution in [0, 0.1) is 5.82 Å². The van der Waals surface area contributed by atoms with E-state index in [1.807, 2.05) is 0 Å². The molecule has 0 spiro atoms. The van der Waals surface area contributed by atoms with Gasteiger partial charge in [0.1, 0.15) is 11.4 Å². The fourth-order valence-electron chi connectivity index (χ4n) is 3.63. The number of carbonyl (C=O) groups excluding carboxylic acids is 1. The van der Waals surface area contributed by atoms with Gasteiger partial charge < -0.3 is 14.7 Å². The van der Waals surface area contributed by atoms with Crippen molar-refractivity contribution >= 4 is 6.09 Å². The Balaban J connectivity index is 2.26. The van der Waals surface area contributed by atoms with Crippen LogP contribution < -0.4 is 0 Å². The molecule has 4 nitrogen and oxygen atoms in total. The molecule has 1 aromatic carbocycles. The van der Waals surface area contributed by atoms with Crippen molar-refractivity contribution in [2.24, 2.45) is 0 Å². The predicted octanol–water partition coefficient (Wildman–Crippen LogP) is 5.65. The molecule has 1 aromatic rings. The Labute approximate surface area is 179 Å². The zero-order valence-electron chi connectivity index (χ0n) is 17.6. The number of amides is 1. The maximum atomic E-state index is 13.4. The molecule has 1 N–H and O–H groups in total. The van der Waals surface area contributed by atoms with Crippen molar-refractivity contribution in [2.45, 2.75) is 50.9 Å². The Kier molecular flexibility index (Phi) is 8.06. The Bertz CT molecular complexity index is 845. The second-order valence-electron chi connectivity index (χ2n) is 7.56. The van der Waals surface area contributed by atoms with Gasteiger partial charge in [0, 0.05) is 19.6 Å². The molecule has 0 radical (unpaired) electrons. The standard InChI is InChI=1S/C23H27F4NO3/c1-4-6-19(23(25,26)27)15-16(2)17(3)28-13-12-22(11-5-14-29,31-21(28)30)18-7-9-20(24)10-8-18/h4,6-10,15,17,29H,1,5,11-14H2,2-3H3/b16-15+,19-6+/t17-,22+/m0/s1. The Morgan fingerprint density at radius 1 is 1.35 bits per heavy atom. The van der Waals surface area contributed by atoms with Crippen LogP contribution in [0.2, 0.25) is 0 Å². The summed E-state index contributed by atoms with van der Waals surface area (Å²) in [6, 6.07) is 5.00. The van der Waals surface area contributed by atoms with Crippen LogP contribution in [0.15, 0.2) is 60.2 Å². The van der Waals surface area contributed by atoms with Crippen molar-refractivity contribution in [1.82, 2.24) is 4.90 Å². The highest BCUT2D eigenvalue weighted by molar-refractivity contribution is 5.70. The first-order valence-corrected chi connectivity index (χ1v) is 9.98. The Hall–Kier alpha value is -2.61. The van der Waals surface area contributed by atoms with Gasteiger partial charge in [-0.25, -0.2) is 9.18 Å². The quantitative estimate of drug-likeness (QED) is 0.419. The van der Waals surface area contributed by atoms with Gasteiger partial charge in [0.15, 0.2) is 0 Å². The van der Waals surface area contributed by atoms with E-state index in [0.29, 0.717) is 30.4 Å². The van der Waals surface area contributed by atoms with E-state index >= 15 is 0 Å². The molecule has 1 aliphatic heterocycles.